The fraction of sp³-hybridized carbons (Fsp3) is 0.393. The van der Waals surface area contributed by atoms with Gasteiger partial charge in [-0.2, -0.15) is 0 Å². The van der Waals surface area contributed by atoms with Crippen LogP contribution < -0.4 is 20.1 Å². The van der Waals surface area contributed by atoms with E-state index in [0.29, 0.717) is 46.6 Å². The third kappa shape index (κ3) is 6.40. The lowest BCUT2D eigenvalue weighted by molar-refractivity contribution is 0.0771. The lowest BCUT2D eigenvalue weighted by Crippen LogP contribution is -2.41. The van der Waals surface area contributed by atoms with Gasteiger partial charge in [-0.25, -0.2) is 0 Å². The Morgan fingerprint density at radius 1 is 0.578 bits per heavy atom. The van der Waals surface area contributed by atoms with Gasteiger partial charge in [0.05, 0.1) is 35.7 Å². The van der Waals surface area contributed by atoms with Crippen LogP contribution in [0.1, 0.15) is 131 Å². The molecule has 0 bridgehead atoms. The van der Waals surface area contributed by atoms with Crippen molar-refractivity contribution in [3.05, 3.63) is 163 Å². The summed E-state index contributed by atoms with van der Waals surface area (Å²) in [6.45, 7) is 4.81. The van der Waals surface area contributed by atoms with Gasteiger partial charge in [0.25, 0.3) is 11.8 Å². The monoisotopic (exact) mass is 890 g/mol. The zero-order valence-corrected chi connectivity index (χ0v) is 38.7. The van der Waals surface area contributed by atoms with E-state index in [1.54, 1.807) is 14.2 Å². The van der Waals surface area contributed by atoms with Gasteiger partial charge in [-0.05, 0) is 180 Å². The van der Waals surface area contributed by atoms with E-state index >= 15 is 0 Å². The number of carbonyl (C=O) groups is 2. The molecular weight excluding hydrogens is 836 g/mol. The van der Waals surface area contributed by atoms with Crippen LogP contribution in [0.4, 0.5) is 0 Å². The third-order valence-corrected chi connectivity index (χ3v) is 18.1. The maximum atomic E-state index is 12.5. The molecule has 64 heavy (non-hydrogen) atoms. The van der Waals surface area contributed by atoms with Gasteiger partial charge in [-0.3, -0.25) is 9.59 Å². The topological polar surface area (TPSA) is 76.7 Å². The van der Waals surface area contributed by atoms with Crippen molar-refractivity contribution in [3.8, 4) is 11.5 Å². The van der Waals surface area contributed by atoms with Crippen molar-refractivity contribution in [1.82, 2.24) is 10.6 Å². The molecule has 2 fully saturated rings. The van der Waals surface area contributed by atoms with E-state index in [4.69, 9.17) is 32.7 Å². The summed E-state index contributed by atoms with van der Waals surface area (Å²) in [4.78, 5) is 25.0. The van der Waals surface area contributed by atoms with Crippen LogP contribution in [0, 0.1) is 34.5 Å². The number of ether oxygens (including phenoxy) is 2. The number of amides is 2. The van der Waals surface area contributed by atoms with Crippen LogP contribution >= 0.6 is 23.2 Å². The average Bonchev–Trinajstić information content (AvgIpc) is 4.07. The Morgan fingerprint density at radius 3 is 1.39 bits per heavy atom. The highest BCUT2D eigenvalue weighted by molar-refractivity contribution is 6.37. The van der Waals surface area contributed by atoms with Crippen molar-refractivity contribution in [2.24, 2.45) is 34.5 Å². The molecule has 8 atom stereocenters. The summed E-state index contributed by atoms with van der Waals surface area (Å²) in [6.07, 6.45) is 16.1. The summed E-state index contributed by atoms with van der Waals surface area (Å²) in [7, 11) is 3.49. The molecule has 8 aliphatic rings. The van der Waals surface area contributed by atoms with Crippen molar-refractivity contribution < 1.29 is 19.1 Å². The molecule has 8 heteroatoms. The average molecular weight is 892 g/mol. The molecule has 2 amide bonds. The molecule has 0 saturated heterocycles. The molecule has 6 nitrogen and oxygen atoms in total. The molecule has 4 aromatic carbocycles. The SMILES string of the molecule is COc1ccc2c(c1)CC[C@@H]1[C@@H]2CC[C@]2(C)C(/C(Cl)=C3/NC(=O)c4ccccc43)=CC[C@@H]12.COc1ccc2c(c1)CC[C@@H]1[C@@H]2CC[C@]2(C)C(/C(Cl)=C3/NC(=O)c4ccccc43)=CC[C@@H]12. The first-order valence-corrected chi connectivity index (χ1v) is 24.1. The van der Waals surface area contributed by atoms with Gasteiger partial charge < -0.3 is 20.1 Å². The second-order valence-electron chi connectivity index (χ2n) is 20.0. The first kappa shape index (κ1) is 41.7. The zero-order valence-electron chi connectivity index (χ0n) is 37.2. The van der Waals surface area contributed by atoms with Crippen LogP contribution in [0.15, 0.2) is 118 Å². The number of nitrogens with one attached hydrogen (secondary N) is 2. The number of allylic oxidation sites excluding steroid dienone is 6. The number of aryl methyl sites for hydroxylation is 2. The van der Waals surface area contributed by atoms with Crippen LogP contribution in [0.5, 0.6) is 11.5 Å². The van der Waals surface area contributed by atoms with Gasteiger partial charge in [-0.1, -0.05) is 97.7 Å². The Kier molecular flexibility index (Phi) is 10.3. The maximum Gasteiger partial charge on any atom is 0.256 e. The van der Waals surface area contributed by atoms with Gasteiger partial charge in [0.1, 0.15) is 11.5 Å². The summed E-state index contributed by atoms with van der Waals surface area (Å²) >= 11 is 14.1. The number of benzene rings is 4. The number of halogens is 2. The summed E-state index contributed by atoms with van der Waals surface area (Å²) in [6, 6.07) is 28.8. The summed E-state index contributed by atoms with van der Waals surface area (Å²) in [5.74, 6) is 5.57. The fourth-order valence-electron chi connectivity index (χ4n) is 14.1. The highest BCUT2D eigenvalue weighted by atomic mass is 35.5. The highest BCUT2D eigenvalue weighted by Gasteiger charge is 2.54. The maximum absolute atomic E-state index is 12.5. The molecule has 2 heterocycles. The minimum atomic E-state index is -0.0583. The number of hydrogen-bond donors (Lipinski definition) is 2. The molecule has 0 aromatic heterocycles. The molecule has 328 valence electrons. The van der Waals surface area contributed by atoms with Crippen LogP contribution in [-0.2, 0) is 12.8 Å². The normalized spacial score (nSPS) is 31.7. The molecule has 4 aromatic rings. The Hall–Kier alpha value is -5.04. The minimum absolute atomic E-state index is 0.0531. The van der Waals surface area contributed by atoms with Gasteiger partial charge in [0.2, 0.25) is 0 Å². The van der Waals surface area contributed by atoms with Gasteiger partial charge in [0, 0.05) is 22.3 Å². The Labute approximate surface area is 387 Å². The van der Waals surface area contributed by atoms with Crippen molar-refractivity contribution in [1.29, 1.82) is 0 Å². The van der Waals surface area contributed by atoms with Gasteiger partial charge >= 0.3 is 0 Å². The van der Waals surface area contributed by atoms with Gasteiger partial charge in [0.15, 0.2) is 0 Å². The van der Waals surface area contributed by atoms with E-state index in [-0.39, 0.29) is 22.6 Å². The zero-order chi connectivity index (χ0) is 44.1. The van der Waals surface area contributed by atoms with Crippen molar-refractivity contribution in [2.45, 2.75) is 89.9 Å². The Balaban J connectivity index is 0.000000143. The summed E-state index contributed by atoms with van der Waals surface area (Å²) < 4.78 is 10.9. The van der Waals surface area contributed by atoms with Crippen LogP contribution in [0.3, 0.4) is 0 Å². The first-order chi connectivity index (χ1) is 31.0. The Bertz CT molecular complexity index is 2580. The lowest BCUT2D eigenvalue weighted by atomic mass is 9.54. The van der Waals surface area contributed by atoms with Crippen LogP contribution in [0.2, 0.25) is 0 Å². The predicted octanol–water partition coefficient (Wildman–Crippen LogP) is 12.9. The van der Waals surface area contributed by atoms with E-state index in [0.717, 1.165) is 82.6 Å². The number of carbonyl (C=O) groups excluding carboxylic acids is 2. The van der Waals surface area contributed by atoms with Crippen LogP contribution in [-0.4, -0.2) is 26.0 Å². The van der Waals surface area contributed by atoms with Crippen molar-refractivity contribution in [3.63, 3.8) is 0 Å². The largest absolute Gasteiger partial charge is 0.497 e. The molecule has 2 aliphatic heterocycles. The summed E-state index contributed by atoms with van der Waals surface area (Å²) in [5.41, 5.74) is 13.4. The van der Waals surface area contributed by atoms with Crippen molar-refractivity contribution >= 4 is 46.4 Å². The molecule has 6 aliphatic carbocycles. The summed E-state index contributed by atoms with van der Waals surface area (Å²) in [5, 5.41) is 7.55. The third-order valence-electron chi connectivity index (χ3n) is 17.3. The van der Waals surface area contributed by atoms with E-state index in [1.165, 1.54) is 59.1 Å². The van der Waals surface area contributed by atoms with Crippen LogP contribution in [0.25, 0.3) is 11.4 Å². The van der Waals surface area contributed by atoms with E-state index < -0.39 is 0 Å². The smallest absolute Gasteiger partial charge is 0.256 e. The van der Waals surface area contributed by atoms with Gasteiger partial charge in [-0.15, -0.1) is 0 Å². The van der Waals surface area contributed by atoms with E-state index in [1.807, 2.05) is 48.5 Å². The lowest BCUT2D eigenvalue weighted by Gasteiger charge is -2.50. The number of fused-ring (bicyclic) bond motifs is 12. The molecule has 2 N–H and O–H groups in total. The Morgan fingerprint density at radius 2 is 0.984 bits per heavy atom. The molecule has 0 unspecified atom stereocenters. The second kappa shape index (κ2) is 15.8. The molecule has 12 rings (SSSR count). The molecular formula is C56H56Cl2N2O4. The second-order valence-corrected chi connectivity index (χ2v) is 20.7. The number of methoxy groups -OCH3 is 2. The quantitative estimate of drug-likeness (QED) is 0.214. The molecule has 2 saturated carbocycles. The van der Waals surface area contributed by atoms with Crippen molar-refractivity contribution in [2.75, 3.05) is 14.2 Å². The highest BCUT2D eigenvalue weighted by Crippen LogP contribution is 2.65. The molecule has 0 radical (unpaired) electrons. The number of hydrogen-bond acceptors (Lipinski definition) is 4. The number of rotatable bonds is 4. The minimum Gasteiger partial charge on any atom is -0.497 e. The standard InChI is InChI=1S/2C28H28ClNO2/c2*1-28-14-13-19-18-10-8-17(32-2)15-16(18)7-9-20(19)23(28)11-12-24(28)25(29)26-21-5-3-4-6-22(21)27(31)30-26/h2*3-6,8,10,12,15,19-20,23H,7,9,11,13-14H2,1-2H3,(H,30,31)/b2*26-25-/t2*19-,20-,23+,28+/m11/s1. The first-order valence-electron chi connectivity index (χ1n) is 23.4. The van der Waals surface area contributed by atoms with E-state index in [2.05, 4.69) is 73.0 Å². The predicted molar refractivity (Wildman–Crippen MR) is 256 cm³/mol. The van der Waals surface area contributed by atoms with E-state index in [9.17, 15) is 9.59 Å². The molecule has 0 spiro atoms. The fourth-order valence-corrected chi connectivity index (χ4v) is 15.0.